The Morgan fingerprint density at radius 3 is 2.65 bits per heavy atom. The predicted octanol–water partition coefficient (Wildman–Crippen LogP) is 3.67. The highest BCUT2D eigenvalue weighted by molar-refractivity contribution is 5.90. The van der Waals surface area contributed by atoms with Gasteiger partial charge in [0.1, 0.15) is 0 Å². The first kappa shape index (κ1) is 15.0. The van der Waals surface area contributed by atoms with Gasteiger partial charge in [0, 0.05) is 18.2 Å². The van der Waals surface area contributed by atoms with Crippen molar-refractivity contribution in [3.05, 3.63) is 29.8 Å². The van der Waals surface area contributed by atoms with Gasteiger partial charge in [0.15, 0.2) is 0 Å². The fraction of sp³-hybridized carbons (Fsp3) is 0.588. The van der Waals surface area contributed by atoms with Crippen LogP contribution in [0.2, 0.25) is 0 Å². The Bertz CT molecular complexity index is 419. The zero-order valence-corrected chi connectivity index (χ0v) is 12.6. The summed E-state index contributed by atoms with van der Waals surface area (Å²) in [6.07, 6.45) is 5.30. The van der Waals surface area contributed by atoms with Gasteiger partial charge in [-0.15, -0.1) is 0 Å². The molecule has 0 spiro atoms. The maximum atomic E-state index is 11.9. The van der Waals surface area contributed by atoms with Crippen molar-refractivity contribution in [2.24, 2.45) is 0 Å². The van der Waals surface area contributed by atoms with Gasteiger partial charge in [0.25, 0.3) is 0 Å². The normalized spacial score (nSPS) is 19.1. The van der Waals surface area contributed by atoms with Crippen LogP contribution in [-0.2, 0) is 4.79 Å². The summed E-state index contributed by atoms with van der Waals surface area (Å²) in [5.41, 5.74) is 2.20. The Hall–Kier alpha value is -1.35. The summed E-state index contributed by atoms with van der Waals surface area (Å²) in [6, 6.07) is 8.68. The van der Waals surface area contributed by atoms with Crippen LogP contribution in [0.25, 0.3) is 0 Å². The highest BCUT2D eigenvalue weighted by atomic mass is 16.1. The van der Waals surface area contributed by atoms with Crippen LogP contribution in [-0.4, -0.2) is 18.5 Å². The van der Waals surface area contributed by atoms with Gasteiger partial charge in [-0.2, -0.15) is 0 Å². The maximum absolute atomic E-state index is 11.9. The molecular formula is C17H26N2O. The smallest absolute Gasteiger partial charge is 0.224 e. The molecule has 1 aliphatic heterocycles. The second-order valence-electron chi connectivity index (χ2n) is 6.01. The van der Waals surface area contributed by atoms with Crippen LogP contribution >= 0.6 is 0 Å². The van der Waals surface area contributed by atoms with E-state index in [0.29, 0.717) is 18.4 Å². The van der Waals surface area contributed by atoms with E-state index in [1.54, 1.807) is 0 Å². The van der Waals surface area contributed by atoms with Crippen LogP contribution in [0.3, 0.4) is 0 Å². The molecule has 1 aromatic carbocycles. The fourth-order valence-corrected chi connectivity index (χ4v) is 2.65. The van der Waals surface area contributed by atoms with E-state index < -0.39 is 0 Å². The molecule has 1 unspecified atom stereocenters. The summed E-state index contributed by atoms with van der Waals surface area (Å²) in [6.45, 7) is 5.44. The Balaban J connectivity index is 1.75. The summed E-state index contributed by atoms with van der Waals surface area (Å²) in [4.78, 5) is 11.9. The van der Waals surface area contributed by atoms with Gasteiger partial charge >= 0.3 is 0 Å². The first-order valence-electron chi connectivity index (χ1n) is 7.78. The molecule has 0 aromatic heterocycles. The van der Waals surface area contributed by atoms with Crippen LogP contribution in [0.1, 0.15) is 57.4 Å². The highest BCUT2D eigenvalue weighted by Gasteiger charge is 2.14. The molecule has 0 bridgehead atoms. The molecule has 1 aliphatic rings. The molecular weight excluding hydrogens is 248 g/mol. The molecule has 1 atom stereocenters. The Labute approximate surface area is 122 Å². The number of hydrogen-bond acceptors (Lipinski definition) is 2. The zero-order valence-electron chi connectivity index (χ0n) is 12.6. The van der Waals surface area contributed by atoms with Crippen molar-refractivity contribution in [3.63, 3.8) is 0 Å². The molecule has 0 aliphatic carbocycles. The molecule has 110 valence electrons. The Morgan fingerprint density at radius 2 is 2.05 bits per heavy atom. The molecule has 1 amide bonds. The lowest BCUT2D eigenvalue weighted by Crippen LogP contribution is -2.34. The van der Waals surface area contributed by atoms with Crippen LogP contribution < -0.4 is 10.6 Å². The van der Waals surface area contributed by atoms with Gasteiger partial charge in [-0.25, -0.2) is 0 Å². The second kappa shape index (κ2) is 7.44. The lowest BCUT2D eigenvalue weighted by Gasteiger charge is -2.23. The van der Waals surface area contributed by atoms with Crippen LogP contribution in [0, 0.1) is 0 Å². The Kier molecular flexibility index (Phi) is 5.60. The number of amides is 1. The third kappa shape index (κ3) is 4.64. The lowest BCUT2D eigenvalue weighted by atomic mass is 10.0. The van der Waals surface area contributed by atoms with Crippen LogP contribution in [0.15, 0.2) is 24.3 Å². The monoisotopic (exact) mass is 274 g/mol. The highest BCUT2D eigenvalue weighted by Crippen LogP contribution is 2.18. The Morgan fingerprint density at radius 1 is 1.30 bits per heavy atom. The number of carbonyl (C=O) groups is 1. The SMILES string of the molecule is CC(C)c1ccc(NC(=O)CCC2CCCCN2)cc1. The number of piperidine rings is 1. The number of benzene rings is 1. The topological polar surface area (TPSA) is 41.1 Å². The quantitative estimate of drug-likeness (QED) is 0.860. The second-order valence-corrected chi connectivity index (χ2v) is 6.01. The van der Waals surface area contributed by atoms with E-state index in [-0.39, 0.29) is 5.91 Å². The fourth-order valence-electron chi connectivity index (χ4n) is 2.65. The molecule has 1 fully saturated rings. The van der Waals surface area contributed by atoms with Gasteiger partial charge in [-0.05, 0) is 49.4 Å². The van der Waals surface area contributed by atoms with Gasteiger partial charge in [0.05, 0.1) is 0 Å². The number of anilines is 1. The van der Waals surface area contributed by atoms with Crippen molar-refractivity contribution in [2.75, 3.05) is 11.9 Å². The molecule has 2 rings (SSSR count). The van der Waals surface area contributed by atoms with E-state index in [9.17, 15) is 4.79 Å². The van der Waals surface area contributed by atoms with Crippen molar-refractivity contribution < 1.29 is 4.79 Å². The standard InChI is InChI=1S/C17H26N2O/c1-13(2)14-6-8-16(9-7-14)19-17(20)11-10-15-5-3-4-12-18-15/h6-9,13,15,18H,3-5,10-12H2,1-2H3,(H,19,20). The summed E-state index contributed by atoms with van der Waals surface area (Å²) < 4.78 is 0. The number of carbonyl (C=O) groups excluding carboxylic acids is 1. The third-order valence-electron chi connectivity index (χ3n) is 3.99. The number of hydrogen-bond donors (Lipinski definition) is 2. The van der Waals surface area contributed by atoms with E-state index in [2.05, 4.69) is 36.6 Å². The number of rotatable bonds is 5. The average Bonchev–Trinajstić information content (AvgIpc) is 2.47. The lowest BCUT2D eigenvalue weighted by molar-refractivity contribution is -0.116. The minimum atomic E-state index is 0.120. The molecule has 3 heteroatoms. The van der Waals surface area contributed by atoms with Gasteiger partial charge in [-0.3, -0.25) is 4.79 Å². The molecule has 3 nitrogen and oxygen atoms in total. The van der Waals surface area contributed by atoms with Crippen LogP contribution in [0.5, 0.6) is 0 Å². The van der Waals surface area contributed by atoms with Crippen molar-refractivity contribution in [3.8, 4) is 0 Å². The van der Waals surface area contributed by atoms with Gasteiger partial charge in [-0.1, -0.05) is 32.4 Å². The molecule has 20 heavy (non-hydrogen) atoms. The summed E-state index contributed by atoms with van der Waals surface area (Å²) in [7, 11) is 0. The predicted molar refractivity (Wildman–Crippen MR) is 84.0 cm³/mol. The summed E-state index contributed by atoms with van der Waals surface area (Å²) >= 11 is 0. The minimum Gasteiger partial charge on any atom is -0.326 e. The summed E-state index contributed by atoms with van der Waals surface area (Å²) in [5.74, 6) is 0.645. The van der Waals surface area contributed by atoms with E-state index >= 15 is 0 Å². The maximum Gasteiger partial charge on any atom is 0.224 e. The number of nitrogens with one attached hydrogen (secondary N) is 2. The molecule has 1 saturated heterocycles. The van der Waals surface area contributed by atoms with Gasteiger partial charge < -0.3 is 10.6 Å². The zero-order chi connectivity index (χ0) is 14.4. The molecule has 0 saturated carbocycles. The average molecular weight is 274 g/mol. The van der Waals surface area contributed by atoms with E-state index in [1.807, 2.05) is 12.1 Å². The van der Waals surface area contributed by atoms with Gasteiger partial charge in [0.2, 0.25) is 5.91 Å². The first-order valence-corrected chi connectivity index (χ1v) is 7.78. The first-order chi connectivity index (χ1) is 9.65. The minimum absolute atomic E-state index is 0.120. The van der Waals surface area contributed by atoms with Crippen molar-refractivity contribution >= 4 is 11.6 Å². The van der Waals surface area contributed by atoms with E-state index in [4.69, 9.17) is 0 Å². The summed E-state index contributed by atoms with van der Waals surface area (Å²) in [5, 5.41) is 6.46. The third-order valence-corrected chi connectivity index (χ3v) is 3.99. The van der Waals surface area contributed by atoms with Crippen LogP contribution in [0.4, 0.5) is 5.69 Å². The van der Waals surface area contributed by atoms with E-state index in [0.717, 1.165) is 18.7 Å². The van der Waals surface area contributed by atoms with Crippen molar-refractivity contribution in [1.29, 1.82) is 0 Å². The molecule has 1 aromatic rings. The molecule has 0 radical (unpaired) electrons. The largest absolute Gasteiger partial charge is 0.326 e. The van der Waals surface area contributed by atoms with Crippen molar-refractivity contribution in [1.82, 2.24) is 5.32 Å². The molecule has 2 N–H and O–H groups in total. The van der Waals surface area contributed by atoms with Crippen molar-refractivity contribution in [2.45, 2.75) is 57.9 Å². The van der Waals surface area contributed by atoms with E-state index in [1.165, 1.54) is 24.8 Å². The molecule has 1 heterocycles.